The zero-order valence-electron chi connectivity index (χ0n) is 10.8. The zero-order chi connectivity index (χ0) is 13.8. The van der Waals surface area contributed by atoms with Gasteiger partial charge in [-0.3, -0.25) is 0 Å². The summed E-state index contributed by atoms with van der Waals surface area (Å²) in [6.45, 7) is 2.57. The summed E-state index contributed by atoms with van der Waals surface area (Å²) < 4.78 is 11.3. The number of ether oxygens (including phenoxy) is 2. The molecule has 0 aliphatic heterocycles. The Balaban J connectivity index is 2.14. The smallest absolute Gasteiger partial charge is 0.339 e. The van der Waals surface area contributed by atoms with E-state index in [1.807, 2.05) is 6.07 Å². The van der Waals surface area contributed by atoms with Crippen molar-refractivity contribution >= 4 is 21.9 Å². The molecule has 0 bridgehead atoms. The summed E-state index contributed by atoms with van der Waals surface area (Å²) in [5.41, 5.74) is 0.438. The molecule has 1 aliphatic carbocycles. The van der Waals surface area contributed by atoms with Crippen molar-refractivity contribution in [2.75, 3.05) is 13.2 Å². The van der Waals surface area contributed by atoms with E-state index in [2.05, 4.69) is 15.9 Å². The lowest BCUT2D eigenvalue weighted by atomic mass is 10.1. The van der Waals surface area contributed by atoms with Gasteiger partial charge in [-0.2, -0.15) is 0 Å². The zero-order valence-corrected chi connectivity index (χ0v) is 12.4. The number of carbonyl (C=O) groups excluding carboxylic acids is 1. The lowest BCUT2D eigenvalue weighted by molar-refractivity contribution is -0.153. The summed E-state index contributed by atoms with van der Waals surface area (Å²) in [4.78, 5) is 11.6. The monoisotopic (exact) mass is 328 g/mol. The van der Waals surface area contributed by atoms with E-state index in [9.17, 15) is 9.90 Å². The Morgan fingerprint density at radius 3 is 2.89 bits per heavy atom. The molecular formula is C14H17BrO4. The lowest BCUT2D eigenvalue weighted by Gasteiger charge is -2.15. The molecule has 0 aromatic heterocycles. The largest absolute Gasteiger partial charge is 0.493 e. The number of aliphatic hydroxyl groups excluding tert-OH is 1. The fraction of sp³-hybridized carbons (Fsp3) is 0.500. The van der Waals surface area contributed by atoms with E-state index in [-0.39, 0.29) is 6.61 Å². The second-order valence-electron chi connectivity index (χ2n) is 4.59. The van der Waals surface area contributed by atoms with Crippen molar-refractivity contribution in [1.29, 1.82) is 0 Å². The summed E-state index contributed by atoms with van der Waals surface area (Å²) in [5, 5.41) is 10.0. The maximum Gasteiger partial charge on any atom is 0.339 e. The fourth-order valence-corrected chi connectivity index (χ4v) is 2.08. The number of halogens is 1. The van der Waals surface area contributed by atoms with Gasteiger partial charge in [-0.05, 0) is 43.9 Å². The molecule has 1 fully saturated rings. The number of hydrogen-bond acceptors (Lipinski definition) is 4. The van der Waals surface area contributed by atoms with Gasteiger partial charge < -0.3 is 14.6 Å². The fourth-order valence-electron chi connectivity index (χ4n) is 1.70. The van der Waals surface area contributed by atoms with Crippen LogP contribution in [-0.2, 0) is 9.53 Å². The minimum absolute atomic E-state index is 0.238. The molecule has 5 heteroatoms. The van der Waals surface area contributed by atoms with Crippen LogP contribution in [0.1, 0.15) is 31.4 Å². The number of benzene rings is 1. The quantitative estimate of drug-likeness (QED) is 0.816. The highest BCUT2D eigenvalue weighted by Crippen LogP contribution is 2.33. The van der Waals surface area contributed by atoms with Crippen LogP contribution in [0, 0.1) is 5.92 Å². The molecule has 0 spiro atoms. The number of aliphatic hydroxyl groups is 1. The number of carbonyl (C=O) groups is 1. The first-order valence-corrected chi connectivity index (χ1v) is 7.18. The van der Waals surface area contributed by atoms with E-state index >= 15 is 0 Å². The van der Waals surface area contributed by atoms with Gasteiger partial charge in [0.1, 0.15) is 5.75 Å². The molecular weight excluding hydrogens is 312 g/mol. The van der Waals surface area contributed by atoms with Crippen LogP contribution < -0.4 is 4.74 Å². The molecule has 0 heterocycles. The van der Waals surface area contributed by atoms with Gasteiger partial charge in [-0.25, -0.2) is 4.79 Å². The maximum absolute atomic E-state index is 11.6. The van der Waals surface area contributed by atoms with Crippen LogP contribution >= 0.6 is 15.9 Å². The van der Waals surface area contributed by atoms with Gasteiger partial charge in [-0.15, -0.1) is 0 Å². The molecule has 1 unspecified atom stereocenters. The average Bonchev–Trinajstić information content (AvgIpc) is 3.20. The Morgan fingerprint density at radius 2 is 2.26 bits per heavy atom. The van der Waals surface area contributed by atoms with Crippen molar-refractivity contribution in [2.45, 2.75) is 25.9 Å². The number of hydrogen-bond donors (Lipinski definition) is 1. The summed E-state index contributed by atoms with van der Waals surface area (Å²) in [6, 6.07) is 5.26. The Labute approximate surface area is 120 Å². The molecule has 1 atom stereocenters. The van der Waals surface area contributed by atoms with E-state index in [1.165, 1.54) is 12.8 Å². The van der Waals surface area contributed by atoms with Crippen molar-refractivity contribution in [3.05, 3.63) is 28.2 Å². The molecule has 1 aromatic carbocycles. The van der Waals surface area contributed by atoms with Crippen LogP contribution in [-0.4, -0.2) is 24.3 Å². The van der Waals surface area contributed by atoms with Crippen LogP contribution in [0.3, 0.4) is 0 Å². The highest BCUT2D eigenvalue weighted by molar-refractivity contribution is 9.10. The predicted molar refractivity (Wildman–Crippen MR) is 74.0 cm³/mol. The Kier molecular flexibility index (Phi) is 4.82. The molecule has 1 aliphatic rings. The molecule has 0 saturated heterocycles. The van der Waals surface area contributed by atoms with E-state index < -0.39 is 12.1 Å². The van der Waals surface area contributed by atoms with Gasteiger partial charge >= 0.3 is 5.97 Å². The van der Waals surface area contributed by atoms with E-state index in [0.717, 1.165) is 4.47 Å². The molecule has 1 saturated carbocycles. The second kappa shape index (κ2) is 6.39. The van der Waals surface area contributed by atoms with E-state index in [0.29, 0.717) is 23.8 Å². The van der Waals surface area contributed by atoms with Crippen LogP contribution in [0.4, 0.5) is 0 Å². The van der Waals surface area contributed by atoms with Crippen molar-refractivity contribution in [3.63, 3.8) is 0 Å². The predicted octanol–water partition coefficient (Wildman–Crippen LogP) is 2.83. The lowest BCUT2D eigenvalue weighted by Crippen LogP contribution is -2.16. The molecule has 104 valence electrons. The third-order valence-electron chi connectivity index (χ3n) is 2.95. The normalized spacial score (nSPS) is 15.9. The van der Waals surface area contributed by atoms with E-state index in [4.69, 9.17) is 9.47 Å². The van der Waals surface area contributed by atoms with Crippen molar-refractivity contribution in [2.24, 2.45) is 5.92 Å². The van der Waals surface area contributed by atoms with E-state index in [1.54, 1.807) is 19.1 Å². The SMILES string of the molecule is CCOC(=O)C(O)c1cc(Br)ccc1OCC1CC1. The number of rotatable bonds is 6. The van der Waals surface area contributed by atoms with Crippen LogP contribution in [0.5, 0.6) is 5.75 Å². The van der Waals surface area contributed by atoms with Gasteiger partial charge in [0, 0.05) is 10.0 Å². The van der Waals surface area contributed by atoms with Crippen LogP contribution in [0.15, 0.2) is 22.7 Å². The summed E-state index contributed by atoms with van der Waals surface area (Å²) in [6.07, 6.45) is 1.06. The van der Waals surface area contributed by atoms with Crippen LogP contribution in [0.2, 0.25) is 0 Å². The molecule has 19 heavy (non-hydrogen) atoms. The van der Waals surface area contributed by atoms with Crippen molar-refractivity contribution in [3.8, 4) is 5.75 Å². The van der Waals surface area contributed by atoms with Gasteiger partial charge in [0.25, 0.3) is 0 Å². The molecule has 0 radical (unpaired) electrons. The highest BCUT2D eigenvalue weighted by Gasteiger charge is 2.25. The molecule has 1 aromatic rings. The summed E-state index contributed by atoms with van der Waals surface area (Å²) >= 11 is 3.33. The van der Waals surface area contributed by atoms with Gasteiger partial charge in [0.2, 0.25) is 0 Å². The van der Waals surface area contributed by atoms with Crippen LogP contribution in [0.25, 0.3) is 0 Å². The standard InChI is InChI=1S/C14H17BrO4/c1-2-18-14(17)13(16)11-7-10(15)5-6-12(11)19-8-9-3-4-9/h5-7,9,13,16H,2-4,8H2,1H3. The maximum atomic E-state index is 11.6. The van der Waals surface area contributed by atoms with Crippen molar-refractivity contribution < 1.29 is 19.4 Å². The minimum Gasteiger partial charge on any atom is -0.493 e. The number of esters is 1. The first-order valence-electron chi connectivity index (χ1n) is 6.38. The molecule has 0 amide bonds. The topological polar surface area (TPSA) is 55.8 Å². The van der Waals surface area contributed by atoms with Gasteiger partial charge in [0.15, 0.2) is 6.10 Å². The second-order valence-corrected chi connectivity index (χ2v) is 5.51. The third-order valence-corrected chi connectivity index (χ3v) is 3.44. The Hall–Kier alpha value is -1.07. The first kappa shape index (κ1) is 14.3. The summed E-state index contributed by atoms with van der Waals surface area (Å²) in [5.74, 6) is 0.490. The van der Waals surface area contributed by atoms with Crippen molar-refractivity contribution in [1.82, 2.24) is 0 Å². The van der Waals surface area contributed by atoms with Gasteiger partial charge in [-0.1, -0.05) is 15.9 Å². The average molecular weight is 329 g/mol. The first-order chi connectivity index (χ1) is 9.11. The molecule has 2 rings (SSSR count). The highest BCUT2D eigenvalue weighted by atomic mass is 79.9. The van der Waals surface area contributed by atoms with Gasteiger partial charge in [0.05, 0.1) is 13.2 Å². The third kappa shape index (κ3) is 3.94. The molecule has 1 N–H and O–H groups in total. The summed E-state index contributed by atoms with van der Waals surface area (Å²) in [7, 11) is 0. The Morgan fingerprint density at radius 1 is 1.53 bits per heavy atom. The minimum atomic E-state index is -1.31. The molecule has 4 nitrogen and oxygen atoms in total. The Bertz CT molecular complexity index is 457.